The Morgan fingerprint density at radius 1 is 1.55 bits per heavy atom. The number of nitrogens with two attached hydrogens (primary N) is 1. The molecule has 0 aromatic heterocycles. The van der Waals surface area contributed by atoms with Gasteiger partial charge in [0, 0.05) is 18.6 Å². The van der Waals surface area contributed by atoms with Crippen LogP contribution >= 0.6 is 0 Å². The second-order valence-corrected chi connectivity index (χ2v) is 5.54. The number of anilines is 1. The predicted molar refractivity (Wildman–Crippen MR) is 78.4 cm³/mol. The van der Waals surface area contributed by atoms with Crippen LogP contribution in [0.5, 0.6) is 0 Å². The van der Waals surface area contributed by atoms with Gasteiger partial charge in [-0.1, -0.05) is 6.07 Å². The van der Waals surface area contributed by atoms with Crippen LogP contribution in [0.15, 0.2) is 18.2 Å². The zero-order chi connectivity index (χ0) is 14.7. The Morgan fingerprint density at radius 2 is 2.30 bits per heavy atom. The predicted octanol–water partition coefficient (Wildman–Crippen LogP) is 1.89. The van der Waals surface area contributed by atoms with E-state index in [1.807, 2.05) is 18.7 Å². The van der Waals surface area contributed by atoms with Crippen LogP contribution in [0.2, 0.25) is 0 Å². The lowest BCUT2D eigenvalue weighted by molar-refractivity contribution is 0.0997. The first-order valence-electron chi connectivity index (χ1n) is 7.09. The van der Waals surface area contributed by atoms with Crippen LogP contribution < -0.4 is 16.0 Å². The van der Waals surface area contributed by atoms with E-state index in [0.29, 0.717) is 11.7 Å². The van der Waals surface area contributed by atoms with Crippen LogP contribution in [0, 0.1) is 5.82 Å². The molecular formula is C15H22FN3O. The number of hydrogen-bond acceptors (Lipinski definition) is 3. The summed E-state index contributed by atoms with van der Waals surface area (Å²) in [5, 5.41) is 3.42. The van der Waals surface area contributed by atoms with Crippen molar-refractivity contribution in [3.63, 3.8) is 0 Å². The molecule has 20 heavy (non-hydrogen) atoms. The van der Waals surface area contributed by atoms with Crippen molar-refractivity contribution in [1.29, 1.82) is 0 Å². The van der Waals surface area contributed by atoms with Crippen molar-refractivity contribution in [3.05, 3.63) is 29.6 Å². The summed E-state index contributed by atoms with van der Waals surface area (Å²) in [6, 6.07) is 5.20. The molecule has 1 atom stereocenters. The molecule has 2 rings (SSSR count). The quantitative estimate of drug-likeness (QED) is 0.865. The lowest BCUT2D eigenvalue weighted by atomic mass is 10.1. The Bertz CT molecular complexity index is 484. The third-order valence-corrected chi connectivity index (χ3v) is 3.75. The fraction of sp³-hybridized carbons (Fsp3) is 0.533. The number of primary amides is 1. The second kappa shape index (κ2) is 6.22. The van der Waals surface area contributed by atoms with Gasteiger partial charge in [0.25, 0.3) is 5.91 Å². The zero-order valence-corrected chi connectivity index (χ0v) is 12.0. The third-order valence-electron chi connectivity index (χ3n) is 3.75. The minimum absolute atomic E-state index is 0.0146. The molecule has 1 amide bonds. The molecule has 1 aromatic carbocycles. The van der Waals surface area contributed by atoms with Crippen molar-refractivity contribution in [1.82, 2.24) is 5.32 Å². The normalized spacial score (nSPS) is 18.5. The fourth-order valence-electron chi connectivity index (χ4n) is 2.73. The van der Waals surface area contributed by atoms with E-state index in [-0.39, 0.29) is 11.6 Å². The molecule has 0 bridgehead atoms. The van der Waals surface area contributed by atoms with Gasteiger partial charge in [0.15, 0.2) is 0 Å². The Balaban J connectivity index is 2.33. The average molecular weight is 279 g/mol. The van der Waals surface area contributed by atoms with Crippen LogP contribution in [0.1, 0.15) is 37.0 Å². The van der Waals surface area contributed by atoms with Gasteiger partial charge < -0.3 is 16.0 Å². The summed E-state index contributed by atoms with van der Waals surface area (Å²) in [5.74, 6) is -1.27. The number of nitrogens with one attached hydrogen (secondary N) is 1. The molecule has 3 N–H and O–H groups in total. The van der Waals surface area contributed by atoms with Gasteiger partial charge in [-0.05, 0) is 45.4 Å². The first-order chi connectivity index (χ1) is 9.50. The molecule has 5 heteroatoms. The lowest BCUT2D eigenvalue weighted by Crippen LogP contribution is -2.42. The van der Waals surface area contributed by atoms with E-state index in [1.165, 1.54) is 6.07 Å². The van der Waals surface area contributed by atoms with E-state index in [0.717, 1.165) is 25.9 Å². The van der Waals surface area contributed by atoms with Gasteiger partial charge in [-0.25, -0.2) is 4.39 Å². The van der Waals surface area contributed by atoms with Crippen LogP contribution in [0.4, 0.5) is 10.1 Å². The van der Waals surface area contributed by atoms with Crippen LogP contribution in [0.3, 0.4) is 0 Å². The molecule has 1 aliphatic heterocycles. The highest BCUT2D eigenvalue weighted by Gasteiger charge is 2.24. The molecule has 4 nitrogen and oxygen atoms in total. The van der Waals surface area contributed by atoms with Gasteiger partial charge in [-0.3, -0.25) is 4.79 Å². The Labute approximate surface area is 119 Å². The molecule has 0 radical (unpaired) electrons. The monoisotopic (exact) mass is 279 g/mol. The number of nitrogens with zero attached hydrogens (tertiary/aromatic N) is 1. The van der Waals surface area contributed by atoms with Crippen LogP contribution in [0.25, 0.3) is 0 Å². The van der Waals surface area contributed by atoms with Gasteiger partial charge in [0.05, 0.1) is 11.3 Å². The molecule has 1 saturated heterocycles. The number of rotatable bonds is 5. The summed E-state index contributed by atoms with van der Waals surface area (Å²) in [6.45, 7) is 5.83. The summed E-state index contributed by atoms with van der Waals surface area (Å²) < 4.78 is 13.9. The highest BCUT2D eigenvalue weighted by atomic mass is 19.1. The highest BCUT2D eigenvalue weighted by Crippen LogP contribution is 2.26. The van der Waals surface area contributed by atoms with E-state index in [9.17, 15) is 9.18 Å². The Hall–Kier alpha value is -1.62. The van der Waals surface area contributed by atoms with E-state index < -0.39 is 11.7 Å². The molecule has 1 fully saturated rings. The maximum atomic E-state index is 13.9. The van der Waals surface area contributed by atoms with Crippen molar-refractivity contribution < 1.29 is 9.18 Å². The maximum absolute atomic E-state index is 13.9. The smallest absolute Gasteiger partial charge is 0.253 e. The summed E-state index contributed by atoms with van der Waals surface area (Å²) in [7, 11) is 0. The maximum Gasteiger partial charge on any atom is 0.253 e. The third kappa shape index (κ3) is 3.10. The Kier molecular flexibility index (Phi) is 4.60. The van der Waals surface area contributed by atoms with Crippen LogP contribution in [-0.4, -0.2) is 31.1 Å². The topological polar surface area (TPSA) is 58.4 Å². The number of benzene rings is 1. The standard InChI is InChI=1S/C15H22FN3O/c1-10(2)19(9-11-5-4-8-18-11)13-7-3-6-12(16)14(13)15(17)20/h3,6-7,10-11,18H,4-5,8-9H2,1-2H3,(H2,17,20). The second-order valence-electron chi connectivity index (χ2n) is 5.54. The number of amides is 1. The van der Waals surface area contributed by atoms with Crippen molar-refractivity contribution >= 4 is 11.6 Å². The molecule has 1 unspecified atom stereocenters. The molecule has 1 heterocycles. The van der Waals surface area contributed by atoms with Gasteiger partial charge in [-0.2, -0.15) is 0 Å². The lowest BCUT2D eigenvalue weighted by Gasteiger charge is -2.33. The van der Waals surface area contributed by atoms with Gasteiger partial charge in [0.1, 0.15) is 5.82 Å². The SMILES string of the molecule is CC(C)N(CC1CCCN1)c1cccc(F)c1C(N)=O. The van der Waals surface area contributed by atoms with E-state index in [2.05, 4.69) is 5.32 Å². The van der Waals surface area contributed by atoms with Crippen molar-refractivity contribution in [3.8, 4) is 0 Å². The fourth-order valence-corrected chi connectivity index (χ4v) is 2.73. The first-order valence-corrected chi connectivity index (χ1v) is 7.09. The zero-order valence-electron chi connectivity index (χ0n) is 12.0. The van der Waals surface area contributed by atoms with Crippen LogP contribution in [-0.2, 0) is 0 Å². The number of hydrogen-bond donors (Lipinski definition) is 2. The van der Waals surface area contributed by atoms with Gasteiger partial charge >= 0.3 is 0 Å². The largest absolute Gasteiger partial charge is 0.367 e. The minimum atomic E-state index is -0.719. The number of carbonyl (C=O) groups is 1. The summed E-state index contributed by atoms with van der Waals surface area (Å²) in [4.78, 5) is 13.6. The Morgan fingerprint density at radius 3 is 2.85 bits per heavy atom. The highest BCUT2D eigenvalue weighted by molar-refractivity contribution is 5.99. The molecule has 0 saturated carbocycles. The van der Waals surface area contributed by atoms with Crippen molar-refractivity contribution in [2.75, 3.05) is 18.0 Å². The van der Waals surface area contributed by atoms with Gasteiger partial charge in [-0.15, -0.1) is 0 Å². The molecule has 0 spiro atoms. The molecule has 110 valence electrons. The van der Waals surface area contributed by atoms with Crippen molar-refractivity contribution in [2.24, 2.45) is 5.73 Å². The molecular weight excluding hydrogens is 257 g/mol. The average Bonchev–Trinajstić information content (AvgIpc) is 2.87. The number of halogens is 1. The first kappa shape index (κ1) is 14.8. The van der Waals surface area contributed by atoms with E-state index >= 15 is 0 Å². The molecule has 1 aliphatic rings. The summed E-state index contributed by atoms with van der Waals surface area (Å²) in [5.41, 5.74) is 5.91. The summed E-state index contributed by atoms with van der Waals surface area (Å²) >= 11 is 0. The van der Waals surface area contributed by atoms with E-state index in [1.54, 1.807) is 12.1 Å². The van der Waals surface area contributed by atoms with Crippen molar-refractivity contribution in [2.45, 2.75) is 38.8 Å². The van der Waals surface area contributed by atoms with E-state index in [4.69, 9.17) is 5.73 Å². The number of carbonyl (C=O) groups excluding carboxylic acids is 1. The summed E-state index contributed by atoms with van der Waals surface area (Å²) in [6.07, 6.45) is 2.26. The minimum Gasteiger partial charge on any atom is -0.367 e. The van der Waals surface area contributed by atoms with Gasteiger partial charge in [0.2, 0.25) is 0 Å². The molecule has 1 aromatic rings. The molecule has 0 aliphatic carbocycles.